The van der Waals surface area contributed by atoms with E-state index >= 15 is 0 Å². The van der Waals surface area contributed by atoms with E-state index in [-0.39, 0.29) is 5.91 Å². The van der Waals surface area contributed by atoms with Gasteiger partial charge in [0.2, 0.25) is 5.75 Å². The van der Waals surface area contributed by atoms with Crippen LogP contribution in [0.3, 0.4) is 0 Å². The Labute approximate surface area is 156 Å². The van der Waals surface area contributed by atoms with Crippen molar-refractivity contribution < 1.29 is 19.0 Å². The molecule has 0 spiro atoms. The van der Waals surface area contributed by atoms with E-state index in [0.29, 0.717) is 35.4 Å². The second-order valence-corrected chi connectivity index (χ2v) is 6.62. The Morgan fingerprint density at radius 3 is 2.42 bits per heavy atom. The maximum absolute atomic E-state index is 12.5. The fourth-order valence-corrected chi connectivity index (χ4v) is 3.62. The average molecular weight is 364 g/mol. The van der Waals surface area contributed by atoms with Crippen LogP contribution in [0.5, 0.6) is 17.2 Å². The summed E-state index contributed by atoms with van der Waals surface area (Å²) in [6, 6.07) is 4.05. The van der Waals surface area contributed by atoms with Crippen molar-refractivity contribution in [2.24, 2.45) is 0 Å². The zero-order valence-electron chi connectivity index (χ0n) is 16.5. The highest BCUT2D eigenvalue weighted by Crippen LogP contribution is 2.38. The summed E-state index contributed by atoms with van der Waals surface area (Å²) in [6.45, 7) is 5.13. The number of amides is 1. The first-order valence-corrected chi connectivity index (χ1v) is 9.46. The van der Waals surface area contributed by atoms with Gasteiger partial charge in [-0.25, -0.2) is 0 Å². The largest absolute Gasteiger partial charge is 0.493 e. The van der Waals surface area contributed by atoms with Gasteiger partial charge in [-0.05, 0) is 44.4 Å². The van der Waals surface area contributed by atoms with Gasteiger partial charge in [-0.3, -0.25) is 4.79 Å². The molecule has 1 heterocycles. The quantitative estimate of drug-likeness (QED) is 0.682. The number of hydrogen-bond donors (Lipinski definition) is 1. The molecular weight excluding hydrogens is 332 g/mol. The molecule has 1 fully saturated rings. The maximum atomic E-state index is 12.5. The maximum Gasteiger partial charge on any atom is 0.251 e. The van der Waals surface area contributed by atoms with Gasteiger partial charge in [0.1, 0.15) is 0 Å². The van der Waals surface area contributed by atoms with E-state index in [4.69, 9.17) is 14.2 Å². The lowest BCUT2D eigenvalue weighted by molar-refractivity contribution is 0.0946. The topological polar surface area (TPSA) is 60.0 Å². The number of likely N-dealkylation sites (tertiary alicyclic amines) is 1. The predicted octanol–water partition coefficient (Wildman–Crippen LogP) is 3.10. The molecule has 1 saturated heterocycles. The zero-order chi connectivity index (χ0) is 18.9. The third kappa shape index (κ3) is 5.04. The standard InChI is InChI=1S/C20H32N2O4/c1-5-16-9-6-7-11-22(16)12-8-10-21-20(23)15-13-17(24-2)19(26-4)18(14-15)25-3/h13-14,16H,5-12H2,1-4H3,(H,21,23)/t16-/m0/s1. The summed E-state index contributed by atoms with van der Waals surface area (Å²) < 4.78 is 15.9. The minimum absolute atomic E-state index is 0.130. The number of benzene rings is 1. The first-order valence-electron chi connectivity index (χ1n) is 9.46. The van der Waals surface area contributed by atoms with Crippen molar-refractivity contribution in [3.8, 4) is 17.2 Å². The van der Waals surface area contributed by atoms with E-state index in [9.17, 15) is 4.79 Å². The molecule has 0 aromatic heterocycles. The van der Waals surface area contributed by atoms with Gasteiger partial charge in [-0.2, -0.15) is 0 Å². The second-order valence-electron chi connectivity index (χ2n) is 6.62. The Hall–Kier alpha value is -1.95. The van der Waals surface area contributed by atoms with Crippen molar-refractivity contribution in [2.75, 3.05) is 41.0 Å². The fourth-order valence-electron chi connectivity index (χ4n) is 3.62. The molecule has 1 N–H and O–H groups in total. The van der Waals surface area contributed by atoms with Crippen molar-refractivity contribution in [3.05, 3.63) is 17.7 Å². The molecule has 0 radical (unpaired) electrons. The molecule has 6 nitrogen and oxygen atoms in total. The SMILES string of the molecule is CC[C@H]1CCCCN1CCCNC(=O)c1cc(OC)c(OC)c(OC)c1. The molecule has 6 heteroatoms. The van der Waals surface area contributed by atoms with Crippen molar-refractivity contribution in [1.29, 1.82) is 0 Å². The molecule has 0 bridgehead atoms. The Balaban J connectivity index is 1.89. The average Bonchev–Trinajstić information content (AvgIpc) is 2.69. The van der Waals surface area contributed by atoms with E-state index in [0.717, 1.165) is 13.0 Å². The third-order valence-electron chi connectivity index (χ3n) is 5.05. The van der Waals surface area contributed by atoms with Crippen LogP contribution in [0.4, 0.5) is 0 Å². The molecule has 1 amide bonds. The number of carbonyl (C=O) groups is 1. The Bertz CT molecular complexity index is 566. The first kappa shape index (κ1) is 20.4. The summed E-state index contributed by atoms with van der Waals surface area (Å²) in [5, 5.41) is 2.99. The lowest BCUT2D eigenvalue weighted by atomic mass is 10.00. The van der Waals surface area contributed by atoms with Crippen LogP contribution >= 0.6 is 0 Å². The monoisotopic (exact) mass is 364 g/mol. The number of methoxy groups -OCH3 is 3. The van der Waals surface area contributed by atoms with E-state index in [1.807, 2.05) is 0 Å². The number of nitrogens with zero attached hydrogens (tertiary/aromatic N) is 1. The normalized spacial score (nSPS) is 17.6. The highest BCUT2D eigenvalue weighted by Gasteiger charge is 2.20. The highest BCUT2D eigenvalue weighted by molar-refractivity contribution is 5.95. The lowest BCUT2D eigenvalue weighted by Crippen LogP contribution is -2.40. The van der Waals surface area contributed by atoms with Gasteiger partial charge in [-0.1, -0.05) is 13.3 Å². The summed E-state index contributed by atoms with van der Waals surface area (Å²) in [4.78, 5) is 15.0. The highest BCUT2D eigenvalue weighted by atomic mass is 16.5. The fraction of sp³-hybridized carbons (Fsp3) is 0.650. The van der Waals surface area contributed by atoms with Crippen LogP contribution < -0.4 is 19.5 Å². The number of nitrogens with one attached hydrogen (secondary N) is 1. The van der Waals surface area contributed by atoms with Crippen LogP contribution in [0.25, 0.3) is 0 Å². The molecular formula is C20H32N2O4. The van der Waals surface area contributed by atoms with Crippen molar-refractivity contribution in [2.45, 2.75) is 45.1 Å². The number of rotatable bonds is 9. The number of hydrogen-bond acceptors (Lipinski definition) is 5. The summed E-state index contributed by atoms with van der Waals surface area (Å²) >= 11 is 0. The molecule has 1 aromatic carbocycles. The molecule has 1 aliphatic rings. The zero-order valence-corrected chi connectivity index (χ0v) is 16.5. The van der Waals surface area contributed by atoms with Crippen LogP contribution in [-0.4, -0.2) is 57.8 Å². The van der Waals surface area contributed by atoms with Gasteiger partial charge in [0.05, 0.1) is 21.3 Å². The smallest absolute Gasteiger partial charge is 0.251 e. The summed E-state index contributed by atoms with van der Waals surface area (Å²) in [5.74, 6) is 1.32. The van der Waals surface area contributed by atoms with Gasteiger partial charge in [0.25, 0.3) is 5.91 Å². The Kier molecular flexibility index (Phi) is 8.04. The van der Waals surface area contributed by atoms with Crippen molar-refractivity contribution in [1.82, 2.24) is 10.2 Å². The summed E-state index contributed by atoms with van der Waals surface area (Å²) in [5.41, 5.74) is 0.504. The first-order chi connectivity index (χ1) is 12.6. The second kappa shape index (κ2) is 10.3. The Morgan fingerprint density at radius 2 is 1.85 bits per heavy atom. The van der Waals surface area contributed by atoms with Gasteiger partial charge in [0, 0.05) is 24.7 Å². The lowest BCUT2D eigenvalue weighted by Gasteiger charge is -2.35. The molecule has 1 atom stereocenters. The van der Waals surface area contributed by atoms with Gasteiger partial charge in [0.15, 0.2) is 11.5 Å². The van der Waals surface area contributed by atoms with Crippen LogP contribution in [0.15, 0.2) is 12.1 Å². The van der Waals surface area contributed by atoms with Gasteiger partial charge >= 0.3 is 0 Å². The molecule has 0 aliphatic carbocycles. The molecule has 1 aliphatic heterocycles. The van der Waals surface area contributed by atoms with Crippen LogP contribution in [0, 0.1) is 0 Å². The van der Waals surface area contributed by atoms with Crippen LogP contribution in [0.2, 0.25) is 0 Å². The van der Waals surface area contributed by atoms with Gasteiger partial charge < -0.3 is 24.4 Å². The number of carbonyl (C=O) groups excluding carboxylic acids is 1. The Morgan fingerprint density at radius 1 is 1.15 bits per heavy atom. The molecule has 2 rings (SSSR count). The van der Waals surface area contributed by atoms with E-state index < -0.39 is 0 Å². The van der Waals surface area contributed by atoms with Crippen LogP contribution in [0.1, 0.15) is 49.4 Å². The van der Waals surface area contributed by atoms with E-state index in [2.05, 4.69) is 17.1 Å². The van der Waals surface area contributed by atoms with Crippen molar-refractivity contribution in [3.63, 3.8) is 0 Å². The van der Waals surface area contributed by atoms with E-state index in [1.54, 1.807) is 33.5 Å². The molecule has 26 heavy (non-hydrogen) atoms. The molecule has 1 aromatic rings. The molecule has 0 saturated carbocycles. The van der Waals surface area contributed by atoms with E-state index in [1.165, 1.54) is 32.2 Å². The summed E-state index contributed by atoms with van der Waals surface area (Å²) in [6.07, 6.45) is 6.08. The number of piperidine rings is 1. The minimum Gasteiger partial charge on any atom is -0.493 e. The summed E-state index contributed by atoms with van der Waals surface area (Å²) in [7, 11) is 4.63. The minimum atomic E-state index is -0.130. The van der Waals surface area contributed by atoms with Crippen LogP contribution in [-0.2, 0) is 0 Å². The third-order valence-corrected chi connectivity index (χ3v) is 5.05. The molecule has 0 unspecified atom stereocenters. The molecule has 146 valence electrons. The van der Waals surface area contributed by atoms with Gasteiger partial charge in [-0.15, -0.1) is 0 Å². The number of ether oxygens (including phenoxy) is 3. The van der Waals surface area contributed by atoms with Crippen molar-refractivity contribution >= 4 is 5.91 Å². The predicted molar refractivity (Wildman–Crippen MR) is 103 cm³/mol.